The maximum atomic E-state index is 12.8. The van der Waals surface area contributed by atoms with E-state index in [1.165, 1.54) is 6.42 Å². The molecule has 0 saturated carbocycles. The van der Waals surface area contributed by atoms with Gasteiger partial charge in [-0.2, -0.15) is 0 Å². The van der Waals surface area contributed by atoms with E-state index < -0.39 is 0 Å². The van der Waals surface area contributed by atoms with Crippen molar-refractivity contribution in [3.8, 4) is 11.5 Å². The molecule has 0 bridgehead atoms. The van der Waals surface area contributed by atoms with Crippen LogP contribution in [0.25, 0.3) is 0 Å². The highest BCUT2D eigenvalue weighted by molar-refractivity contribution is 6.32. The lowest BCUT2D eigenvalue weighted by atomic mass is 10.0. The van der Waals surface area contributed by atoms with Gasteiger partial charge in [0.1, 0.15) is 0 Å². The van der Waals surface area contributed by atoms with Gasteiger partial charge in [-0.3, -0.25) is 4.79 Å². The first-order valence-corrected chi connectivity index (χ1v) is 8.41. The SMILES string of the molecule is C[C@@H]1CCCN(C(=O)c2cc(Cl)c3c(c2)OCCCO3)CC1. The molecule has 1 fully saturated rings. The summed E-state index contributed by atoms with van der Waals surface area (Å²) >= 11 is 6.28. The van der Waals surface area contributed by atoms with Crippen molar-refractivity contribution in [1.82, 2.24) is 4.90 Å². The number of hydrogen-bond acceptors (Lipinski definition) is 3. The maximum Gasteiger partial charge on any atom is 0.254 e. The average Bonchev–Trinajstić information content (AvgIpc) is 2.87. The zero-order valence-corrected chi connectivity index (χ0v) is 13.7. The van der Waals surface area contributed by atoms with E-state index in [2.05, 4.69) is 6.92 Å². The summed E-state index contributed by atoms with van der Waals surface area (Å²) < 4.78 is 11.3. The first-order chi connectivity index (χ1) is 10.6. The molecular formula is C17H22ClNO3. The molecule has 1 amide bonds. The summed E-state index contributed by atoms with van der Waals surface area (Å²) in [6, 6.07) is 3.47. The lowest BCUT2D eigenvalue weighted by Gasteiger charge is -2.21. The highest BCUT2D eigenvalue weighted by Gasteiger charge is 2.23. The summed E-state index contributed by atoms with van der Waals surface area (Å²) in [5.74, 6) is 1.86. The van der Waals surface area contributed by atoms with Crippen LogP contribution >= 0.6 is 11.6 Å². The molecule has 1 aromatic rings. The molecule has 0 aliphatic carbocycles. The van der Waals surface area contributed by atoms with Crippen LogP contribution in [0.4, 0.5) is 0 Å². The second-order valence-corrected chi connectivity index (χ2v) is 6.57. The molecule has 0 spiro atoms. The standard InChI is InChI=1S/C17H22ClNO3/c1-12-4-2-6-19(7-5-12)17(20)13-10-14(18)16-15(11-13)21-8-3-9-22-16/h10-12H,2-9H2,1H3/t12-/m1/s1. The zero-order chi connectivity index (χ0) is 15.5. The van der Waals surface area contributed by atoms with Crippen molar-refractivity contribution < 1.29 is 14.3 Å². The van der Waals surface area contributed by atoms with Gasteiger partial charge in [-0.25, -0.2) is 0 Å². The number of halogens is 1. The molecule has 0 unspecified atom stereocenters. The van der Waals surface area contributed by atoms with E-state index >= 15 is 0 Å². The maximum absolute atomic E-state index is 12.8. The third-order valence-electron chi connectivity index (χ3n) is 4.35. The Morgan fingerprint density at radius 1 is 1.18 bits per heavy atom. The van der Waals surface area contributed by atoms with Crippen LogP contribution in [0.2, 0.25) is 5.02 Å². The van der Waals surface area contributed by atoms with E-state index in [0.717, 1.165) is 32.4 Å². The van der Waals surface area contributed by atoms with Crippen molar-refractivity contribution in [2.24, 2.45) is 5.92 Å². The third-order valence-corrected chi connectivity index (χ3v) is 4.63. The van der Waals surface area contributed by atoms with Gasteiger partial charge in [-0.05, 0) is 37.3 Å². The third kappa shape index (κ3) is 3.32. The number of ether oxygens (including phenoxy) is 2. The lowest BCUT2D eigenvalue weighted by molar-refractivity contribution is 0.0760. The molecular weight excluding hydrogens is 302 g/mol. The Labute approximate surface area is 136 Å². The second-order valence-electron chi connectivity index (χ2n) is 6.16. The fourth-order valence-electron chi connectivity index (χ4n) is 3.00. The van der Waals surface area contributed by atoms with E-state index in [0.29, 0.717) is 41.2 Å². The summed E-state index contributed by atoms with van der Waals surface area (Å²) in [6.07, 6.45) is 4.12. The number of fused-ring (bicyclic) bond motifs is 1. The molecule has 5 heteroatoms. The van der Waals surface area contributed by atoms with Gasteiger partial charge in [-0.1, -0.05) is 18.5 Å². The molecule has 2 aliphatic rings. The molecule has 0 aromatic heterocycles. The van der Waals surface area contributed by atoms with E-state index in [1.54, 1.807) is 12.1 Å². The van der Waals surface area contributed by atoms with E-state index in [-0.39, 0.29) is 5.91 Å². The second kappa shape index (κ2) is 6.78. The Morgan fingerprint density at radius 2 is 2.00 bits per heavy atom. The number of benzene rings is 1. The van der Waals surface area contributed by atoms with Gasteiger partial charge < -0.3 is 14.4 Å². The Balaban J connectivity index is 1.83. The fourth-order valence-corrected chi connectivity index (χ4v) is 3.27. The van der Waals surface area contributed by atoms with E-state index in [9.17, 15) is 4.79 Å². The molecule has 4 nitrogen and oxygen atoms in total. The highest BCUT2D eigenvalue weighted by atomic mass is 35.5. The first-order valence-electron chi connectivity index (χ1n) is 8.03. The normalized spacial score (nSPS) is 21.9. The predicted octanol–water partition coefficient (Wildman–Crippen LogP) is 3.76. The van der Waals surface area contributed by atoms with Crippen molar-refractivity contribution in [3.63, 3.8) is 0 Å². The minimum Gasteiger partial charge on any atom is -0.489 e. The number of rotatable bonds is 1. The van der Waals surface area contributed by atoms with Gasteiger partial charge in [0.15, 0.2) is 11.5 Å². The number of amides is 1. The zero-order valence-electron chi connectivity index (χ0n) is 12.9. The quantitative estimate of drug-likeness (QED) is 0.789. The predicted molar refractivity (Wildman–Crippen MR) is 86.0 cm³/mol. The molecule has 3 rings (SSSR count). The highest BCUT2D eigenvalue weighted by Crippen LogP contribution is 2.38. The van der Waals surface area contributed by atoms with Crippen molar-refractivity contribution >= 4 is 17.5 Å². The largest absolute Gasteiger partial charge is 0.489 e. The number of carbonyl (C=O) groups excluding carboxylic acids is 1. The fraction of sp³-hybridized carbons (Fsp3) is 0.588. The topological polar surface area (TPSA) is 38.8 Å². The molecule has 0 radical (unpaired) electrons. The van der Waals surface area contributed by atoms with Crippen LogP contribution < -0.4 is 9.47 Å². The number of nitrogens with zero attached hydrogens (tertiary/aromatic N) is 1. The van der Waals surface area contributed by atoms with Crippen LogP contribution in [0.5, 0.6) is 11.5 Å². The van der Waals surface area contributed by atoms with Crippen molar-refractivity contribution in [3.05, 3.63) is 22.7 Å². The van der Waals surface area contributed by atoms with Gasteiger partial charge in [0, 0.05) is 25.1 Å². The minimum atomic E-state index is 0.0339. The van der Waals surface area contributed by atoms with Crippen LogP contribution in [-0.4, -0.2) is 37.1 Å². The van der Waals surface area contributed by atoms with Crippen LogP contribution in [0.15, 0.2) is 12.1 Å². The van der Waals surface area contributed by atoms with Gasteiger partial charge in [0.05, 0.1) is 18.2 Å². The van der Waals surface area contributed by atoms with Crippen molar-refractivity contribution in [2.75, 3.05) is 26.3 Å². The van der Waals surface area contributed by atoms with E-state index in [1.807, 2.05) is 4.90 Å². The van der Waals surface area contributed by atoms with Crippen LogP contribution in [-0.2, 0) is 0 Å². The number of carbonyl (C=O) groups is 1. The Hall–Kier alpha value is -1.42. The average molecular weight is 324 g/mol. The van der Waals surface area contributed by atoms with Crippen molar-refractivity contribution in [1.29, 1.82) is 0 Å². The number of hydrogen-bond donors (Lipinski definition) is 0. The summed E-state index contributed by atoms with van der Waals surface area (Å²) in [5.41, 5.74) is 0.587. The van der Waals surface area contributed by atoms with Gasteiger partial charge >= 0.3 is 0 Å². The molecule has 1 aromatic carbocycles. The summed E-state index contributed by atoms with van der Waals surface area (Å²) in [6.45, 7) is 5.05. The molecule has 2 heterocycles. The number of likely N-dealkylation sites (tertiary alicyclic amines) is 1. The van der Waals surface area contributed by atoms with Crippen LogP contribution in [0.3, 0.4) is 0 Å². The summed E-state index contributed by atoms with van der Waals surface area (Å²) in [5, 5.41) is 0.450. The monoisotopic (exact) mass is 323 g/mol. The minimum absolute atomic E-state index is 0.0339. The Morgan fingerprint density at radius 3 is 2.86 bits per heavy atom. The lowest BCUT2D eigenvalue weighted by Crippen LogP contribution is -2.32. The summed E-state index contributed by atoms with van der Waals surface area (Å²) in [7, 11) is 0. The van der Waals surface area contributed by atoms with Crippen LogP contribution in [0, 0.1) is 5.92 Å². The smallest absolute Gasteiger partial charge is 0.254 e. The summed E-state index contributed by atoms with van der Waals surface area (Å²) in [4.78, 5) is 14.7. The van der Waals surface area contributed by atoms with Gasteiger partial charge in [0.2, 0.25) is 0 Å². The molecule has 1 saturated heterocycles. The first kappa shape index (κ1) is 15.5. The molecule has 120 valence electrons. The van der Waals surface area contributed by atoms with Gasteiger partial charge in [-0.15, -0.1) is 0 Å². The van der Waals surface area contributed by atoms with Crippen molar-refractivity contribution in [2.45, 2.75) is 32.6 Å². The molecule has 0 N–H and O–H groups in total. The van der Waals surface area contributed by atoms with E-state index in [4.69, 9.17) is 21.1 Å². The van der Waals surface area contributed by atoms with Gasteiger partial charge in [0.25, 0.3) is 5.91 Å². The molecule has 22 heavy (non-hydrogen) atoms. The molecule has 1 atom stereocenters. The Kier molecular flexibility index (Phi) is 4.77. The van der Waals surface area contributed by atoms with Crippen LogP contribution in [0.1, 0.15) is 43.0 Å². The Bertz CT molecular complexity index is 561. The molecule has 2 aliphatic heterocycles.